The quantitative estimate of drug-likeness (QED) is 0.752. The zero-order valence-corrected chi connectivity index (χ0v) is 9.52. The summed E-state index contributed by atoms with van der Waals surface area (Å²) in [7, 11) is 0. The number of aryl methyl sites for hydroxylation is 1. The average Bonchev–Trinajstić information content (AvgIpc) is 2.02. The predicted molar refractivity (Wildman–Crippen MR) is 63.1 cm³/mol. The van der Waals surface area contributed by atoms with Crippen LogP contribution in [0.1, 0.15) is 31.9 Å². The summed E-state index contributed by atoms with van der Waals surface area (Å²) >= 11 is 0. The van der Waals surface area contributed by atoms with Gasteiger partial charge in [0.25, 0.3) is 0 Å². The van der Waals surface area contributed by atoms with Crippen molar-refractivity contribution in [2.24, 2.45) is 0 Å². The highest BCUT2D eigenvalue weighted by molar-refractivity contribution is 5.62. The predicted octanol–water partition coefficient (Wildman–Crippen LogP) is 3.35. The van der Waals surface area contributed by atoms with Gasteiger partial charge in [0.15, 0.2) is 0 Å². The van der Waals surface area contributed by atoms with Gasteiger partial charge in [-0.2, -0.15) is 0 Å². The van der Waals surface area contributed by atoms with E-state index in [0.29, 0.717) is 0 Å². The second-order valence-corrected chi connectivity index (χ2v) is 4.72. The lowest BCUT2D eigenvalue weighted by atomic mass is 10.1. The van der Waals surface area contributed by atoms with Gasteiger partial charge >= 0.3 is 0 Å². The van der Waals surface area contributed by atoms with Gasteiger partial charge in [0, 0.05) is 11.2 Å². The summed E-state index contributed by atoms with van der Waals surface area (Å²) in [6.07, 6.45) is 0. The molecule has 76 valence electrons. The minimum atomic E-state index is 0.0714. The molecule has 0 atom stereocenters. The first-order chi connectivity index (χ1) is 6.38. The van der Waals surface area contributed by atoms with Gasteiger partial charge in [-0.05, 0) is 33.3 Å². The highest BCUT2D eigenvalue weighted by atomic mass is 15.0. The molecule has 1 N–H and O–H groups in total. The molecule has 0 fully saturated rings. The highest BCUT2D eigenvalue weighted by Gasteiger charge is 2.10. The molecule has 0 heterocycles. The van der Waals surface area contributed by atoms with Crippen LogP contribution in [0.5, 0.6) is 0 Å². The molecule has 0 saturated carbocycles. The molecule has 1 nitrogen and oxygen atoms in total. The van der Waals surface area contributed by atoms with Gasteiger partial charge < -0.3 is 5.32 Å². The van der Waals surface area contributed by atoms with E-state index in [0.717, 1.165) is 11.3 Å². The molecule has 0 radical (unpaired) electrons. The third-order valence-corrected chi connectivity index (χ3v) is 1.93. The van der Waals surface area contributed by atoms with E-state index in [1.165, 1.54) is 5.56 Å². The molecule has 1 rings (SSSR count). The molecule has 0 unspecified atom stereocenters. The molecule has 0 aliphatic rings. The van der Waals surface area contributed by atoms with Crippen LogP contribution in [0.15, 0.2) is 30.8 Å². The molecule has 0 bridgehead atoms. The van der Waals surface area contributed by atoms with Gasteiger partial charge in [0.2, 0.25) is 0 Å². The van der Waals surface area contributed by atoms with Gasteiger partial charge in [-0.25, -0.2) is 0 Å². The Balaban J connectivity index is 2.76. The lowest BCUT2D eigenvalue weighted by molar-refractivity contribution is 0.502. The van der Waals surface area contributed by atoms with E-state index in [2.05, 4.69) is 63.9 Å². The van der Waals surface area contributed by atoms with Crippen molar-refractivity contribution in [1.29, 1.82) is 0 Å². The maximum atomic E-state index is 4.03. The minimum absolute atomic E-state index is 0.0714. The largest absolute Gasteiger partial charge is 0.380 e. The first-order valence-electron chi connectivity index (χ1n) is 4.92. The van der Waals surface area contributed by atoms with Crippen LogP contribution < -0.4 is 5.32 Å². The fraction of sp³-hybridized carbons (Fsp3) is 0.385. The van der Waals surface area contributed by atoms with E-state index in [1.54, 1.807) is 0 Å². The summed E-state index contributed by atoms with van der Waals surface area (Å²) in [5, 5.41) is 3.36. The first-order valence-corrected chi connectivity index (χ1v) is 4.92. The Bertz CT molecular complexity index is 314. The summed E-state index contributed by atoms with van der Waals surface area (Å²) in [4.78, 5) is 0. The van der Waals surface area contributed by atoms with Crippen molar-refractivity contribution < 1.29 is 0 Å². The summed E-state index contributed by atoms with van der Waals surface area (Å²) in [5.74, 6) is 0. The lowest BCUT2D eigenvalue weighted by Crippen LogP contribution is -2.33. The molecule has 1 heteroatoms. The maximum Gasteiger partial charge on any atom is 0.0344 e. The van der Waals surface area contributed by atoms with Gasteiger partial charge in [-0.15, -0.1) is 0 Å². The van der Waals surface area contributed by atoms with E-state index in [9.17, 15) is 0 Å². The lowest BCUT2D eigenvalue weighted by Gasteiger charge is -2.23. The van der Waals surface area contributed by atoms with Crippen LogP contribution >= 0.6 is 0 Å². The van der Waals surface area contributed by atoms with Crippen molar-refractivity contribution in [3.8, 4) is 0 Å². The molecule has 0 spiro atoms. The fourth-order valence-corrected chi connectivity index (χ4v) is 1.28. The maximum absolute atomic E-state index is 4.03. The van der Waals surface area contributed by atoms with E-state index in [-0.39, 0.29) is 5.54 Å². The fourth-order valence-electron chi connectivity index (χ4n) is 1.28. The standard InChI is InChI=1S/C13H19N/c1-10-6-8-12(9-7-10)11(2)14-13(3,4)5/h6-9,14H,2H2,1,3-5H3. The Morgan fingerprint density at radius 3 is 2.07 bits per heavy atom. The van der Waals surface area contributed by atoms with Crippen LogP contribution in [0.25, 0.3) is 5.70 Å². The van der Waals surface area contributed by atoms with Crippen LogP contribution in [0.4, 0.5) is 0 Å². The Morgan fingerprint density at radius 2 is 1.64 bits per heavy atom. The smallest absolute Gasteiger partial charge is 0.0344 e. The van der Waals surface area contributed by atoms with E-state index < -0.39 is 0 Å². The highest BCUT2D eigenvalue weighted by Crippen LogP contribution is 2.14. The van der Waals surface area contributed by atoms with Crippen LogP contribution in [0.2, 0.25) is 0 Å². The van der Waals surface area contributed by atoms with Crippen molar-refractivity contribution >= 4 is 5.70 Å². The molecule has 1 aromatic rings. The SMILES string of the molecule is C=C(NC(C)(C)C)c1ccc(C)cc1. The monoisotopic (exact) mass is 189 g/mol. The molecule has 1 aromatic carbocycles. The molecule has 0 aromatic heterocycles. The second kappa shape index (κ2) is 3.87. The van der Waals surface area contributed by atoms with Crippen LogP contribution in [-0.4, -0.2) is 5.54 Å². The Hall–Kier alpha value is -1.24. The van der Waals surface area contributed by atoms with Crippen molar-refractivity contribution in [2.75, 3.05) is 0 Å². The number of nitrogens with one attached hydrogen (secondary N) is 1. The Morgan fingerprint density at radius 1 is 1.14 bits per heavy atom. The van der Waals surface area contributed by atoms with Crippen LogP contribution in [0, 0.1) is 6.92 Å². The molecular weight excluding hydrogens is 170 g/mol. The summed E-state index contributed by atoms with van der Waals surface area (Å²) in [6.45, 7) is 12.5. The molecule has 0 aliphatic heterocycles. The number of hydrogen-bond acceptors (Lipinski definition) is 1. The van der Waals surface area contributed by atoms with Gasteiger partial charge in [-0.3, -0.25) is 0 Å². The Labute approximate surface area is 86.8 Å². The third kappa shape index (κ3) is 3.25. The number of rotatable bonds is 2. The minimum Gasteiger partial charge on any atom is -0.380 e. The van der Waals surface area contributed by atoms with Gasteiger partial charge in [0.1, 0.15) is 0 Å². The van der Waals surface area contributed by atoms with Crippen LogP contribution in [-0.2, 0) is 0 Å². The summed E-state index contributed by atoms with van der Waals surface area (Å²) < 4.78 is 0. The summed E-state index contributed by atoms with van der Waals surface area (Å²) in [6, 6.07) is 8.39. The van der Waals surface area contributed by atoms with Crippen molar-refractivity contribution in [3.05, 3.63) is 42.0 Å². The van der Waals surface area contributed by atoms with Crippen molar-refractivity contribution in [3.63, 3.8) is 0 Å². The normalized spacial score (nSPS) is 11.1. The third-order valence-electron chi connectivity index (χ3n) is 1.93. The van der Waals surface area contributed by atoms with E-state index in [1.807, 2.05) is 0 Å². The van der Waals surface area contributed by atoms with Crippen molar-refractivity contribution in [1.82, 2.24) is 5.32 Å². The molecule has 0 saturated heterocycles. The van der Waals surface area contributed by atoms with E-state index in [4.69, 9.17) is 0 Å². The topological polar surface area (TPSA) is 12.0 Å². The zero-order valence-electron chi connectivity index (χ0n) is 9.52. The molecule has 14 heavy (non-hydrogen) atoms. The zero-order chi connectivity index (χ0) is 10.8. The van der Waals surface area contributed by atoms with Crippen molar-refractivity contribution in [2.45, 2.75) is 33.2 Å². The van der Waals surface area contributed by atoms with Gasteiger partial charge in [-0.1, -0.05) is 36.4 Å². The van der Waals surface area contributed by atoms with Gasteiger partial charge in [0.05, 0.1) is 0 Å². The number of benzene rings is 1. The van der Waals surface area contributed by atoms with Crippen LogP contribution in [0.3, 0.4) is 0 Å². The Kier molecular flexibility index (Phi) is 3.00. The first kappa shape index (κ1) is 10.8. The average molecular weight is 189 g/mol. The van der Waals surface area contributed by atoms with E-state index >= 15 is 0 Å². The number of hydrogen-bond donors (Lipinski definition) is 1. The molecule has 0 aliphatic carbocycles. The second-order valence-electron chi connectivity index (χ2n) is 4.72. The summed E-state index contributed by atoms with van der Waals surface area (Å²) in [5.41, 5.74) is 3.49. The molecule has 0 amide bonds. The molecular formula is C13H19N.